The molecule has 0 aromatic rings. The molecule has 0 aliphatic heterocycles. The van der Waals surface area contributed by atoms with E-state index in [0.29, 0.717) is 47.0 Å². The highest BCUT2D eigenvalue weighted by atomic mass is 16.3. The van der Waals surface area contributed by atoms with E-state index in [4.69, 9.17) is 0 Å². The summed E-state index contributed by atoms with van der Waals surface area (Å²) in [5, 5.41) is 32.8. The highest BCUT2D eigenvalue weighted by molar-refractivity contribution is 5.20. The van der Waals surface area contributed by atoms with Crippen LogP contribution in [0.3, 0.4) is 0 Å². The summed E-state index contributed by atoms with van der Waals surface area (Å²) in [4.78, 5) is 0. The van der Waals surface area contributed by atoms with Gasteiger partial charge >= 0.3 is 0 Å². The Balaban J connectivity index is 1.55. The number of aliphatic hydroxyl groups is 3. The maximum atomic E-state index is 11.2. The Morgan fingerprint density at radius 2 is 1.45 bits per heavy atom. The number of aliphatic hydroxyl groups excluding tert-OH is 2. The molecule has 10 atom stereocenters. The molecule has 0 saturated heterocycles. The van der Waals surface area contributed by atoms with E-state index in [1.165, 1.54) is 38.5 Å². The third-order valence-electron chi connectivity index (χ3n) is 13.8. The van der Waals surface area contributed by atoms with Crippen LogP contribution in [0.2, 0.25) is 0 Å². The van der Waals surface area contributed by atoms with Gasteiger partial charge in [0.1, 0.15) is 0 Å². The lowest BCUT2D eigenvalue weighted by Crippen LogP contribution is -2.67. The molecule has 0 aromatic heterocycles. The van der Waals surface area contributed by atoms with Crippen molar-refractivity contribution in [3.05, 3.63) is 0 Å². The molecule has 190 valence electrons. The predicted octanol–water partition coefficient (Wildman–Crippen LogP) is 6.19. The molecule has 5 aliphatic carbocycles. The maximum Gasteiger partial charge on any atom is 0.0622 e. The molecule has 5 rings (SSSR count). The summed E-state index contributed by atoms with van der Waals surface area (Å²) in [7, 11) is 0. The van der Waals surface area contributed by atoms with Crippen molar-refractivity contribution in [2.24, 2.45) is 56.7 Å². The van der Waals surface area contributed by atoms with Gasteiger partial charge in [-0.2, -0.15) is 0 Å². The fourth-order valence-corrected chi connectivity index (χ4v) is 11.8. The van der Waals surface area contributed by atoms with E-state index in [0.717, 1.165) is 25.7 Å². The third-order valence-corrected chi connectivity index (χ3v) is 13.8. The molecule has 0 amide bonds. The van der Waals surface area contributed by atoms with Gasteiger partial charge in [0.15, 0.2) is 0 Å². The first-order valence-corrected chi connectivity index (χ1v) is 14.2. The molecule has 5 fully saturated rings. The van der Waals surface area contributed by atoms with E-state index in [1.807, 2.05) is 13.8 Å². The molecule has 3 heteroatoms. The molecule has 33 heavy (non-hydrogen) atoms. The van der Waals surface area contributed by atoms with Crippen LogP contribution in [0.1, 0.15) is 113 Å². The van der Waals surface area contributed by atoms with Gasteiger partial charge in [0.25, 0.3) is 0 Å². The van der Waals surface area contributed by atoms with Gasteiger partial charge in [-0.25, -0.2) is 0 Å². The summed E-state index contributed by atoms with van der Waals surface area (Å²) in [5.74, 6) is 2.64. The van der Waals surface area contributed by atoms with Crippen LogP contribution in [-0.4, -0.2) is 33.6 Å². The molecule has 0 aromatic carbocycles. The van der Waals surface area contributed by atoms with Crippen molar-refractivity contribution in [3.63, 3.8) is 0 Å². The van der Waals surface area contributed by atoms with E-state index in [-0.39, 0.29) is 22.3 Å². The maximum absolute atomic E-state index is 11.2. The molecule has 5 saturated carbocycles. The monoisotopic (exact) mass is 460 g/mol. The zero-order chi connectivity index (χ0) is 24.2. The van der Waals surface area contributed by atoms with Gasteiger partial charge < -0.3 is 15.3 Å². The summed E-state index contributed by atoms with van der Waals surface area (Å²) < 4.78 is 0. The van der Waals surface area contributed by atoms with Crippen LogP contribution in [0.5, 0.6) is 0 Å². The Bertz CT molecular complexity index is 784. The van der Waals surface area contributed by atoms with Crippen LogP contribution in [0, 0.1) is 56.7 Å². The fraction of sp³-hybridized carbons (Fsp3) is 1.00. The minimum Gasteiger partial charge on any atom is -0.396 e. The minimum atomic E-state index is -0.676. The van der Waals surface area contributed by atoms with Gasteiger partial charge in [-0.05, 0) is 135 Å². The van der Waals surface area contributed by atoms with Gasteiger partial charge in [-0.1, -0.05) is 34.6 Å². The Labute approximate surface area is 203 Å². The fourth-order valence-electron chi connectivity index (χ4n) is 11.8. The van der Waals surface area contributed by atoms with E-state index in [9.17, 15) is 15.3 Å². The normalized spacial score (nSPS) is 55.8. The second kappa shape index (κ2) is 7.22. The lowest BCUT2D eigenvalue weighted by atomic mass is 9.32. The minimum absolute atomic E-state index is 0.00213. The van der Waals surface area contributed by atoms with Crippen molar-refractivity contribution in [3.8, 4) is 0 Å². The molecule has 3 N–H and O–H groups in total. The van der Waals surface area contributed by atoms with E-state index in [1.54, 1.807) is 0 Å². The third kappa shape index (κ3) is 2.97. The first kappa shape index (κ1) is 24.6. The van der Waals surface area contributed by atoms with Crippen molar-refractivity contribution >= 4 is 0 Å². The lowest BCUT2D eigenvalue weighted by molar-refractivity contribution is -0.253. The number of hydrogen-bond donors (Lipinski definition) is 3. The Kier molecular flexibility index (Phi) is 5.38. The average Bonchev–Trinajstić information content (AvgIpc) is 3.12. The standard InChI is InChI=1S/C30H52O3/c1-25(2)21-11-14-29(7)22(27(21,5)13-12-23(25)32)9-8-20-24-19(26(3,4)33)10-15-30(24,18-31)17-16-28(20,29)6/h19-24,31-33H,8-18H2,1-7H3/t19-,20-,21+,22-,23+,24-,27+,28-,29-,30-/m1/s1. The van der Waals surface area contributed by atoms with Gasteiger partial charge in [-0.3, -0.25) is 0 Å². The zero-order valence-electron chi connectivity index (χ0n) is 22.6. The molecular formula is C30H52O3. The Morgan fingerprint density at radius 3 is 2.09 bits per heavy atom. The highest BCUT2D eigenvalue weighted by Crippen LogP contribution is 2.77. The largest absolute Gasteiger partial charge is 0.396 e. The van der Waals surface area contributed by atoms with Crippen LogP contribution < -0.4 is 0 Å². The van der Waals surface area contributed by atoms with Crippen molar-refractivity contribution in [2.75, 3.05) is 6.61 Å². The smallest absolute Gasteiger partial charge is 0.0622 e. The zero-order valence-corrected chi connectivity index (χ0v) is 22.6. The number of fused-ring (bicyclic) bond motifs is 7. The number of hydrogen-bond acceptors (Lipinski definition) is 3. The van der Waals surface area contributed by atoms with E-state index in [2.05, 4.69) is 34.6 Å². The molecule has 0 bridgehead atoms. The molecule has 0 heterocycles. The van der Waals surface area contributed by atoms with Gasteiger partial charge in [0.2, 0.25) is 0 Å². The van der Waals surface area contributed by atoms with Crippen LogP contribution >= 0.6 is 0 Å². The van der Waals surface area contributed by atoms with E-state index >= 15 is 0 Å². The molecular weight excluding hydrogens is 408 g/mol. The molecule has 0 radical (unpaired) electrons. The first-order chi connectivity index (χ1) is 15.2. The van der Waals surface area contributed by atoms with Crippen LogP contribution in [-0.2, 0) is 0 Å². The summed E-state index contributed by atoms with van der Waals surface area (Å²) in [6.07, 6.45) is 11.5. The van der Waals surface area contributed by atoms with Crippen LogP contribution in [0.4, 0.5) is 0 Å². The first-order valence-electron chi connectivity index (χ1n) is 14.2. The second-order valence-electron chi connectivity index (χ2n) is 15.4. The van der Waals surface area contributed by atoms with Gasteiger partial charge in [0, 0.05) is 6.61 Å². The molecule has 0 spiro atoms. The van der Waals surface area contributed by atoms with Crippen LogP contribution in [0.15, 0.2) is 0 Å². The van der Waals surface area contributed by atoms with E-state index < -0.39 is 5.60 Å². The number of rotatable bonds is 2. The summed E-state index contributed by atoms with van der Waals surface area (Å²) in [6.45, 7) is 16.9. The summed E-state index contributed by atoms with van der Waals surface area (Å²) >= 11 is 0. The van der Waals surface area contributed by atoms with Crippen molar-refractivity contribution < 1.29 is 15.3 Å². The van der Waals surface area contributed by atoms with Crippen molar-refractivity contribution in [1.29, 1.82) is 0 Å². The summed E-state index contributed by atoms with van der Waals surface area (Å²) in [5.41, 5.74) is 0.221. The Hall–Kier alpha value is -0.120. The summed E-state index contributed by atoms with van der Waals surface area (Å²) in [6, 6.07) is 0. The van der Waals surface area contributed by atoms with Crippen molar-refractivity contribution in [2.45, 2.75) is 124 Å². The molecule has 5 aliphatic rings. The Morgan fingerprint density at radius 1 is 0.758 bits per heavy atom. The van der Waals surface area contributed by atoms with Crippen molar-refractivity contribution in [1.82, 2.24) is 0 Å². The second-order valence-corrected chi connectivity index (χ2v) is 15.4. The van der Waals surface area contributed by atoms with Crippen LogP contribution in [0.25, 0.3) is 0 Å². The average molecular weight is 461 g/mol. The topological polar surface area (TPSA) is 60.7 Å². The SMILES string of the molecule is CC(C)(O)[C@@H]1CC[C@]2(CO)CC[C@]3(C)[C@H](CC[C@@H]4[C@@]5(C)CC[C@H](O)C(C)(C)[C@@H]5CC[C@]43C)[C@@H]12. The quantitative estimate of drug-likeness (QED) is 0.460. The molecule has 3 nitrogen and oxygen atoms in total. The predicted molar refractivity (Wildman–Crippen MR) is 134 cm³/mol. The lowest BCUT2D eigenvalue weighted by Gasteiger charge is -2.73. The highest BCUT2D eigenvalue weighted by Gasteiger charge is 2.71. The molecule has 0 unspecified atom stereocenters. The van der Waals surface area contributed by atoms with Gasteiger partial charge in [0.05, 0.1) is 11.7 Å². The van der Waals surface area contributed by atoms with Gasteiger partial charge in [-0.15, -0.1) is 0 Å².